The molecule has 0 saturated carbocycles. The van der Waals surface area contributed by atoms with Crippen LogP contribution in [0.4, 0.5) is 13.2 Å². The lowest BCUT2D eigenvalue weighted by Gasteiger charge is -2.13. The third-order valence-electron chi connectivity index (χ3n) is 4.37. The average molecular weight is 404 g/mol. The van der Waals surface area contributed by atoms with E-state index < -0.39 is 13.0 Å². The molecule has 0 amide bonds. The highest BCUT2D eigenvalue weighted by Gasteiger charge is 2.06. The lowest BCUT2D eigenvalue weighted by Crippen LogP contribution is -2.37. The van der Waals surface area contributed by atoms with Gasteiger partial charge in [-0.05, 0) is 47.9 Å². The highest BCUT2D eigenvalue weighted by atomic mass is 19.3. The quantitative estimate of drug-likeness (QED) is 0.395. The highest BCUT2D eigenvalue weighted by molar-refractivity contribution is 5.83. The number of aromatic nitrogens is 1. The van der Waals surface area contributed by atoms with Crippen LogP contribution in [0.15, 0.2) is 53.7 Å². The van der Waals surface area contributed by atoms with Crippen LogP contribution < -0.4 is 15.4 Å². The van der Waals surface area contributed by atoms with Gasteiger partial charge in [-0.15, -0.1) is 0 Å². The number of halogens is 3. The molecule has 0 atom stereocenters. The fourth-order valence-corrected chi connectivity index (χ4v) is 2.99. The van der Waals surface area contributed by atoms with Gasteiger partial charge >= 0.3 is 0 Å². The van der Waals surface area contributed by atoms with Gasteiger partial charge in [0.05, 0.1) is 0 Å². The summed E-state index contributed by atoms with van der Waals surface area (Å²) in [4.78, 5) is 7.26. The van der Waals surface area contributed by atoms with E-state index in [2.05, 4.69) is 20.6 Å². The molecule has 0 aliphatic rings. The number of hydrogen-bond acceptors (Lipinski definition) is 2. The number of alkyl halides is 2. The molecule has 29 heavy (non-hydrogen) atoms. The molecule has 0 fully saturated rings. The Labute approximate surface area is 167 Å². The molecule has 0 spiro atoms. The van der Waals surface area contributed by atoms with Crippen LogP contribution in [0.1, 0.15) is 11.1 Å². The van der Waals surface area contributed by atoms with Gasteiger partial charge in [-0.2, -0.15) is 0 Å². The summed E-state index contributed by atoms with van der Waals surface area (Å²) >= 11 is 0. The Hall–Kier alpha value is -3.16. The second kappa shape index (κ2) is 9.86. The molecule has 0 bridgehead atoms. The van der Waals surface area contributed by atoms with Gasteiger partial charge in [0.15, 0.2) is 5.96 Å². The van der Waals surface area contributed by atoms with E-state index in [-0.39, 0.29) is 5.82 Å². The summed E-state index contributed by atoms with van der Waals surface area (Å²) in [5.41, 5.74) is 2.75. The normalized spacial score (nSPS) is 11.8. The van der Waals surface area contributed by atoms with Gasteiger partial charge in [-0.25, -0.2) is 13.2 Å². The minimum atomic E-state index is -2.50. The van der Waals surface area contributed by atoms with Gasteiger partial charge in [0.2, 0.25) is 0 Å². The lowest BCUT2D eigenvalue weighted by atomic mass is 10.1. The number of hydrogen-bond donors (Lipinski definition) is 3. The first-order valence-corrected chi connectivity index (χ1v) is 9.25. The maximum Gasteiger partial charge on any atom is 0.272 e. The summed E-state index contributed by atoms with van der Waals surface area (Å²) in [7, 11) is 1.67. The summed E-state index contributed by atoms with van der Waals surface area (Å²) in [6.07, 6.45) is 0.117. The molecule has 3 rings (SSSR count). The van der Waals surface area contributed by atoms with Gasteiger partial charge in [-0.1, -0.05) is 12.1 Å². The zero-order valence-corrected chi connectivity index (χ0v) is 16.0. The molecule has 0 aliphatic carbocycles. The topological polar surface area (TPSA) is 61.4 Å². The van der Waals surface area contributed by atoms with Crippen LogP contribution in [0.2, 0.25) is 0 Å². The fraction of sp³-hybridized carbons (Fsp3) is 0.286. The summed E-state index contributed by atoms with van der Waals surface area (Å²) in [5, 5.41) is 7.41. The first-order chi connectivity index (χ1) is 14.0. The van der Waals surface area contributed by atoms with Crippen LogP contribution in [0.3, 0.4) is 0 Å². The van der Waals surface area contributed by atoms with E-state index in [1.54, 1.807) is 31.3 Å². The molecule has 3 N–H and O–H groups in total. The molecule has 0 radical (unpaired) electrons. The smallest absolute Gasteiger partial charge is 0.272 e. The Morgan fingerprint density at radius 1 is 1.17 bits per heavy atom. The van der Waals surface area contributed by atoms with Gasteiger partial charge in [0.1, 0.15) is 18.2 Å². The molecule has 0 aliphatic heterocycles. The standard InChI is InChI=1S/C21H23F3N4O/c1-25-21(28-11-14-3-2-4-17(9-14)29-13-20(23)24)26-8-7-15-12-27-19-10-16(22)5-6-18(15)19/h2-6,9-10,12,20,27H,7-8,11,13H2,1H3,(H2,25,26,28). The maximum atomic E-state index is 13.3. The molecular weight excluding hydrogens is 381 g/mol. The number of fused-ring (bicyclic) bond motifs is 1. The Morgan fingerprint density at radius 3 is 2.83 bits per heavy atom. The van der Waals surface area contributed by atoms with Crippen LogP contribution in [-0.2, 0) is 13.0 Å². The third kappa shape index (κ3) is 5.91. The number of nitrogens with zero attached hydrogens (tertiary/aromatic N) is 1. The van der Waals surface area contributed by atoms with Crippen molar-refractivity contribution in [1.29, 1.82) is 0 Å². The second-order valence-electron chi connectivity index (χ2n) is 6.46. The Balaban J connectivity index is 1.49. The van der Waals surface area contributed by atoms with Gasteiger partial charge in [0, 0.05) is 37.2 Å². The summed E-state index contributed by atoms with van der Waals surface area (Å²) in [6, 6.07) is 11.7. The van der Waals surface area contributed by atoms with Crippen molar-refractivity contribution in [3.05, 3.63) is 65.6 Å². The van der Waals surface area contributed by atoms with Gasteiger partial charge in [-0.3, -0.25) is 4.99 Å². The number of H-pyrrole nitrogens is 1. The predicted octanol–water partition coefficient (Wildman–Crippen LogP) is 3.86. The molecule has 5 nitrogen and oxygen atoms in total. The zero-order valence-electron chi connectivity index (χ0n) is 16.0. The largest absolute Gasteiger partial charge is 0.488 e. The minimum absolute atomic E-state index is 0.266. The summed E-state index contributed by atoms with van der Waals surface area (Å²) in [6.45, 7) is 0.486. The molecule has 0 unspecified atom stereocenters. The number of aromatic amines is 1. The predicted molar refractivity (Wildman–Crippen MR) is 108 cm³/mol. The van der Waals surface area contributed by atoms with Gasteiger partial charge < -0.3 is 20.4 Å². The van der Waals surface area contributed by atoms with Crippen molar-refractivity contribution in [1.82, 2.24) is 15.6 Å². The number of rotatable bonds is 8. The van der Waals surface area contributed by atoms with E-state index in [1.807, 2.05) is 12.3 Å². The molecular formula is C21H23F3N4O. The average Bonchev–Trinajstić information content (AvgIpc) is 3.11. The van der Waals surface area contributed by atoms with Gasteiger partial charge in [0.25, 0.3) is 6.43 Å². The second-order valence-corrected chi connectivity index (χ2v) is 6.46. The minimum Gasteiger partial charge on any atom is -0.488 e. The first-order valence-electron chi connectivity index (χ1n) is 9.25. The molecule has 3 aromatic rings. The van der Waals surface area contributed by atoms with E-state index in [0.717, 1.165) is 28.5 Å². The van der Waals surface area contributed by atoms with Crippen molar-refractivity contribution >= 4 is 16.9 Å². The third-order valence-corrected chi connectivity index (χ3v) is 4.37. The number of ether oxygens (including phenoxy) is 1. The van der Waals surface area contributed by atoms with Crippen molar-refractivity contribution in [3.63, 3.8) is 0 Å². The Kier molecular flexibility index (Phi) is 6.99. The van der Waals surface area contributed by atoms with E-state index >= 15 is 0 Å². The van der Waals surface area contributed by atoms with Crippen molar-refractivity contribution in [3.8, 4) is 5.75 Å². The Bertz CT molecular complexity index is 971. The maximum absolute atomic E-state index is 13.3. The molecule has 1 aromatic heterocycles. The van der Waals surface area contributed by atoms with Crippen LogP contribution in [0, 0.1) is 5.82 Å². The first kappa shape index (κ1) is 20.6. The van der Waals surface area contributed by atoms with Crippen molar-refractivity contribution < 1.29 is 17.9 Å². The Morgan fingerprint density at radius 2 is 2.03 bits per heavy atom. The molecule has 1 heterocycles. The number of aliphatic imine (C=N–C) groups is 1. The molecule has 154 valence electrons. The van der Waals surface area contributed by atoms with Crippen molar-refractivity contribution in [2.45, 2.75) is 19.4 Å². The van der Waals surface area contributed by atoms with E-state index in [4.69, 9.17) is 4.74 Å². The van der Waals surface area contributed by atoms with E-state index in [0.29, 0.717) is 24.8 Å². The van der Waals surface area contributed by atoms with Crippen molar-refractivity contribution in [2.24, 2.45) is 4.99 Å². The zero-order chi connectivity index (χ0) is 20.6. The summed E-state index contributed by atoms with van der Waals surface area (Å²) in [5.74, 6) is 0.760. The van der Waals surface area contributed by atoms with Crippen LogP contribution >= 0.6 is 0 Å². The number of benzene rings is 2. The highest BCUT2D eigenvalue weighted by Crippen LogP contribution is 2.19. The van der Waals surface area contributed by atoms with Crippen molar-refractivity contribution in [2.75, 3.05) is 20.2 Å². The molecule has 0 saturated heterocycles. The SMILES string of the molecule is CN=C(NCCc1c[nH]c2cc(F)ccc12)NCc1cccc(OCC(F)F)c1. The fourth-order valence-electron chi connectivity index (χ4n) is 2.99. The van der Waals surface area contributed by atoms with E-state index in [1.165, 1.54) is 12.1 Å². The monoisotopic (exact) mass is 404 g/mol. The number of guanidine groups is 1. The van der Waals surface area contributed by atoms with Crippen LogP contribution in [0.5, 0.6) is 5.75 Å². The lowest BCUT2D eigenvalue weighted by molar-refractivity contribution is 0.0818. The van der Waals surface area contributed by atoms with Crippen LogP contribution in [-0.4, -0.2) is 37.6 Å². The molecule has 8 heteroatoms. The number of nitrogens with one attached hydrogen (secondary N) is 3. The summed E-state index contributed by atoms with van der Waals surface area (Å²) < 4.78 is 42.8. The van der Waals surface area contributed by atoms with Crippen LogP contribution in [0.25, 0.3) is 10.9 Å². The van der Waals surface area contributed by atoms with E-state index in [9.17, 15) is 13.2 Å². The molecule has 2 aromatic carbocycles.